The fourth-order valence-corrected chi connectivity index (χ4v) is 1.31. The summed E-state index contributed by atoms with van der Waals surface area (Å²) in [5, 5.41) is 3.40. The van der Waals surface area contributed by atoms with Crippen molar-refractivity contribution in [3.05, 3.63) is 0 Å². The molecular weight excluding hydrogens is 166 g/mol. The summed E-state index contributed by atoms with van der Waals surface area (Å²) in [6, 6.07) is 0.482. The van der Waals surface area contributed by atoms with E-state index >= 15 is 0 Å². The van der Waals surface area contributed by atoms with Gasteiger partial charge in [0.1, 0.15) is 0 Å². The average molecular weight is 187 g/mol. The number of hydrogen-bond acceptors (Lipinski definition) is 3. The fraction of sp³-hybridized carbons (Fsp3) is 1.00. The molecule has 0 bridgehead atoms. The molecule has 13 heavy (non-hydrogen) atoms. The number of hydrogen-bond donors (Lipinski definition) is 1. The van der Waals surface area contributed by atoms with Crippen LogP contribution in [-0.2, 0) is 9.47 Å². The van der Waals surface area contributed by atoms with E-state index in [1.807, 2.05) is 0 Å². The zero-order chi connectivity index (χ0) is 9.73. The average Bonchev–Trinajstić information content (AvgIpc) is 2.04. The molecule has 3 heteroatoms. The SMILES string of the molecule is CC(C)(C)OCCC1COCCN1. The molecule has 1 rings (SSSR count). The van der Waals surface area contributed by atoms with Crippen molar-refractivity contribution in [3.63, 3.8) is 0 Å². The summed E-state index contributed by atoms with van der Waals surface area (Å²) < 4.78 is 11.0. The van der Waals surface area contributed by atoms with Crippen LogP contribution in [0.3, 0.4) is 0 Å². The van der Waals surface area contributed by atoms with Crippen molar-refractivity contribution in [1.29, 1.82) is 0 Å². The first kappa shape index (κ1) is 11.0. The van der Waals surface area contributed by atoms with Gasteiger partial charge in [-0.05, 0) is 27.2 Å². The molecule has 0 aromatic heterocycles. The van der Waals surface area contributed by atoms with E-state index in [0.717, 1.165) is 32.8 Å². The number of nitrogens with one attached hydrogen (secondary N) is 1. The third kappa shape index (κ3) is 5.24. The molecule has 1 saturated heterocycles. The first-order valence-electron chi connectivity index (χ1n) is 5.03. The Morgan fingerprint density at radius 1 is 1.46 bits per heavy atom. The van der Waals surface area contributed by atoms with Crippen molar-refractivity contribution in [2.75, 3.05) is 26.4 Å². The van der Waals surface area contributed by atoms with E-state index in [1.54, 1.807) is 0 Å². The lowest BCUT2D eigenvalue weighted by molar-refractivity contribution is -0.0158. The Hall–Kier alpha value is -0.120. The molecule has 1 fully saturated rings. The van der Waals surface area contributed by atoms with Crippen molar-refractivity contribution in [2.24, 2.45) is 0 Å². The standard InChI is InChI=1S/C10H21NO2/c1-10(2,3)13-6-4-9-8-12-7-5-11-9/h9,11H,4-8H2,1-3H3. The lowest BCUT2D eigenvalue weighted by Gasteiger charge is -2.26. The summed E-state index contributed by atoms with van der Waals surface area (Å²) in [5.41, 5.74) is -0.0183. The van der Waals surface area contributed by atoms with Gasteiger partial charge in [0.2, 0.25) is 0 Å². The summed E-state index contributed by atoms with van der Waals surface area (Å²) in [4.78, 5) is 0. The zero-order valence-electron chi connectivity index (χ0n) is 8.93. The maximum atomic E-state index is 5.64. The zero-order valence-corrected chi connectivity index (χ0v) is 8.93. The van der Waals surface area contributed by atoms with Crippen LogP contribution in [0.4, 0.5) is 0 Å². The van der Waals surface area contributed by atoms with E-state index < -0.39 is 0 Å². The number of morpholine rings is 1. The van der Waals surface area contributed by atoms with Gasteiger partial charge in [0.15, 0.2) is 0 Å². The fourth-order valence-electron chi connectivity index (χ4n) is 1.31. The van der Waals surface area contributed by atoms with Crippen LogP contribution in [0, 0.1) is 0 Å². The van der Waals surface area contributed by atoms with Crippen LogP contribution in [0.5, 0.6) is 0 Å². The van der Waals surface area contributed by atoms with Crippen LogP contribution in [0.2, 0.25) is 0 Å². The van der Waals surface area contributed by atoms with Crippen molar-refractivity contribution in [3.8, 4) is 0 Å². The van der Waals surface area contributed by atoms with Gasteiger partial charge in [0.25, 0.3) is 0 Å². The Kier molecular flexibility index (Phi) is 4.16. The van der Waals surface area contributed by atoms with E-state index in [0.29, 0.717) is 6.04 Å². The molecule has 0 spiro atoms. The second-order valence-electron chi connectivity index (χ2n) is 4.48. The Labute approximate surface area is 80.8 Å². The van der Waals surface area contributed by atoms with Gasteiger partial charge in [-0.15, -0.1) is 0 Å². The Morgan fingerprint density at radius 2 is 2.23 bits per heavy atom. The van der Waals surface area contributed by atoms with Gasteiger partial charge in [-0.2, -0.15) is 0 Å². The topological polar surface area (TPSA) is 30.5 Å². The molecule has 1 heterocycles. The lowest BCUT2D eigenvalue weighted by atomic mass is 10.2. The molecule has 0 saturated carbocycles. The maximum absolute atomic E-state index is 5.64. The maximum Gasteiger partial charge on any atom is 0.0621 e. The molecule has 0 amide bonds. The highest BCUT2D eigenvalue weighted by atomic mass is 16.5. The van der Waals surface area contributed by atoms with Crippen LogP contribution in [-0.4, -0.2) is 38.0 Å². The van der Waals surface area contributed by atoms with Crippen LogP contribution in [0.15, 0.2) is 0 Å². The van der Waals surface area contributed by atoms with Gasteiger partial charge in [-0.3, -0.25) is 0 Å². The van der Waals surface area contributed by atoms with Crippen molar-refractivity contribution < 1.29 is 9.47 Å². The summed E-state index contributed by atoms with van der Waals surface area (Å²) in [5.74, 6) is 0. The predicted molar refractivity (Wildman–Crippen MR) is 52.9 cm³/mol. The van der Waals surface area contributed by atoms with E-state index in [-0.39, 0.29) is 5.60 Å². The molecule has 1 aliphatic heterocycles. The molecule has 0 aromatic carbocycles. The van der Waals surface area contributed by atoms with Crippen LogP contribution >= 0.6 is 0 Å². The Morgan fingerprint density at radius 3 is 2.77 bits per heavy atom. The second kappa shape index (κ2) is 4.94. The molecule has 1 N–H and O–H groups in total. The minimum atomic E-state index is -0.0183. The van der Waals surface area contributed by atoms with Crippen molar-refractivity contribution in [2.45, 2.75) is 38.8 Å². The Balaban J connectivity index is 2.04. The van der Waals surface area contributed by atoms with Crippen LogP contribution in [0.1, 0.15) is 27.2 Å². The van der Waals surface area contributed by atoms with Crippen molar-refractivity contribution >= 4 is 0 Å². The lowest BCUT2D eigenvalue weighted by Crippen LogP contribution is -2.42. The van der Waals surface area contributed by atoms with Gasteiger partial charge in [-0.25, -0.2) is 0 Å². The molecule has 1 atom stereocenters. The van der Waals surface area contributed by atoms with Gasteiger partial charge in [0, 0.05) is 19.2 Å². The van der Waals surface area contributed by atoms with Gasteiger partial charge in [0.05, 0.1) is 18.8 Å². The van der Waals surface area contributed by atoms with Gasteiger partial charge in [-0.1, -0.05) is 0 Å². The molecule has 0 aromatic rings. The van der Waals surface area contributed by atoms with E-state index in [9.17, 15) is 0 Å². The van der Waals surface area contributed by atoms with E-state index in [4.69, 9.17) is 9.47 Å². The molecular formula is C10H21NO2. The summed E-state index contributed by atoms with van der Waals surface area (Å²) >= 11 is 0. The van der Waals surface area contributed by atoms with Gasteiger partial charge < -0.3 is 14.8 Å². The second-order valence-corrected chi connectivity index (χ2v) is 4.48. The number of rotatable bonds is 3. The normalized spacial score (nSPS) is 24.7. The molecule has 0 radical (unpaired) electrons. The summed E-state index contributed by atoms with van der Waals surface area (Å²) in [7, 11) is 0. The molecule has 3 nitrogen and oxygen atoms in total. The molecule has 78 valence electrons. The first-order chi connectivity index (χ1) is 6.08. The van der Waals surface area contributed by atoms with E-state index in [2.05, 4.69) is 26.1 Å². The monoisotopic (exact) mass is 187 g/mol. The highest BCUT2D eigenvalue weighted by molar-refractivity contribution is 4.70. The molecule has 1 unspecified atom stereocenters. The Bertz CT molecular complexity index is 136. The highest BCUT2D eigenvalue weighted by Crippen LogP contribution is 2.08. The summed E-state index contributed by atoms with van der Waals surface area (Å²) in [6.45, 7) is 9.70. The minimum absolute atomic E-state index is 0.0183. The van der Waals surface area contributed by atoms with Gasteiger partial charge >= 0.3 is 0 Å². The molecule has 1 aliphatic rings. The largest absolute Gasteiger partial charge is 0.379 e. The third-order valence-electron chi connectivity index (χ3n) is 2.00. The predicted octanol–water partition coefficient (Wildman–Crippen LogP) is 1.18. The highest BCUT2D eigenvalue weighted by Gasteiger charge is 2.15. The molecule has 0 aliphatic carbocycles. The minimum Gasteiger partial charge on any atom is -0.379 e. The first-order valence-corrected chi connectivity index (χ1v) is 5.03. The van der Waals surface area contributed by atoms with E-state index in [1.165, 1.54) is 0 Å². The smallest absolute Gasteiger partial charge is 0.0621 e. The number of ether oxygens (including phenoxy) is 2. The van der Waals surface area contributed by atoms with Crippen LogP contribution < -0.4 is 5.32 Å². The quantitative estimate of drug-likeness (QED) is 0.719. The summed E-state index contributed by atoms with van der Waals surface area (Å²) in [6.07, 6.45) is 1.04. The van der Waals surface area contributed by atoms with Crippen LogP contribution in [0.25, 0.3) is 0 Å². The van der Waals surface area contributed by atoms with Crippen molar-refractivity contribution in [1.82, 2.24) is 5.32 Å². The third-order valence-corrected chi connectivity index (χ3v) is 2.00.